The highest BCUT2D eigenvalue weighted by atomic mass is 16.4. The largest absolute Gasteiger partial charge is 0.478 e. The fraction of sp³-hybridized carbons (Fsp3) is 0.286. The number of nitrogens with one attached hydrogen (secondary N) is 1. The summed E-state index contributed by atoms with van der Waals surface area (Å²) in [6, 6.07) is 22.8. The molecule has 4 heteroatoms. The van der Waals surface area contributed by atoms with Gasteiger partial charge in [-0.1, -0.05) is 80.4 Å². The van der Waals surface area contributed by atoms with Gasteiger partial charge in [0, 0.05) is 12.1 Å². The van der Waals surface area contributed by atoms with Crippen molar-refractivity contribution in [2.24, 2.45) is 0 Å². The Morgan fingerprint density at radius 1 is 0.875 bits per heavy atom. The quantitative estimate of drug-likeness (QED) is 0.364. The SMILES string of the molecule is CCCCCc1ccc(C(C)C(=O)Nc2ccccc2Cc2ccccc2C(=O)O)cc1. The van der Waals surface area contributed by atoms with E-state index < -0.39 is 5.97 Å². The maximum Gasteiger partial charge on any atom is 0.335 e. The van der Waals surface area contributed by atoms with Gasteiger partial charge < -0.3 is 10.4 Å². The average molecular weight is 430 g/mol. The molecule has 3 aromatic carbocycles. The number of hydrogen-bond acceptors (Lipinski definition) is 2. The highest BCUT2D eigenvalue weighted by Gasteiger charge is 2.17. The summed E-state index contributed by atoms with van der Waals surface area (Å²) in [6.07, 6.45) is 5.13. The highest BCUT2D eigenvalue weighted by molar-refractivity contribution is 5.96. The van der Waals surface area contributed by atoms with Crippen molar-refractivity contribution >= 4 is 17.6 Å². The maximum atomic E-state index is 13.0. The van der Waals surface area contributed by atoms with Crippen LogP contribution in [0, 0.1) is 0 Å². The molecule has 3 aromatic rings. The molecule has 2 N–H and O–H groups in total. The smallest absolute Gasteiger partial charge is 0.335 e. The molecule has 1 atom stereocenters. The number of carbonyl (C=O) groups is 2. The number of aromatic carboxylic acids is 1. The predicted octanol–water partition coefficient (Wildman–Crippen LogP) is 6.45. The normalized spacial score (nSPS) is 11.7. The van der Waals surface area contributed by atoms with Gasteiger partial charge in [-0.3, -0.25) is 4.79 Å². The molecule has 0 aromatic heterocycles. The summed E-state index contributed by atoms with van der Waals surface area (Å²) in [5.74, 6) is -1.32. The fourth-order valence-electron chi connectivity index (χ4n) is 3.83. The van der Waals surface area contributed by atoms with E-state index in [0.29, 0.717) is 17.7 Å². The van der Waals surface area contributed by atoms with Crippen LogP contribution >= 0.6 is 0 Å². The summed E-state index contributed by atoms with van der Waals surface area (Å²) in [5, 5.41) is 12.5. The van der Waals surface area contributed by atoms with Crippen molar-refractivity contribution in [3.63, 3.8) is 0 Å². The van der Waals surface area contributed by atoms with Crippen molar-refractivity contribution in [1.82, 2.24) is 0 Å². The second kappa shape index (κ2) is 11.3. The second-order valence-corrected chi connectivity index (χ2v) is 8.21. The van der Waals surface area contributed by atoms with Crippen LogP contribution in [0.25, 0.3) is 0 Å². The Morgan fingerprint density at radius 3 is 2.22 bits per heavy atom. The molecule has 0 fully saturated rings. The van der Waals surface area contributed by atoms with E-state index in [1.165, 1.54) is 24.8 Å². The van der Waals surface area contributed by atoms with E-state index in [1.807, 2.05) is 55.5 Å². The number of para-hydroxylation sites is 1. The molecule has 0 bridgehead atoms. The van der Waals surface area contributed by atoms with Crippen molar-refractivity contribution in [3.8, 4) is 0 Å². The Kier molecular flexibility index (Phi) is 8.20. The fourth-order valence-corrected chi connectivity index (χ4v) is 3.83. The molecule has 32 heavy (non-hydrogen) atoms. The molecule has 0 radical (unpaired) electrons. The molecule has 166 valence electrons. The van der Waals surface area contributed by atoms with E-state index in [1.54, 1.807) is 12.1 Å². The van der Waals surface area contributed by atoms with Crippen LogP contribution in [0.5, 0.6) is 0 Å². The van der Waals surface area contributed by atoms with Gasteiger partial charge in [0.2, 0.25) is 5.91 Å². The van der Waals surface area contributed by atoms with Gasteiger partial charge in [0.15, 0.2) is 0 Å². The van der Waals surface area contributed by atoms with Gasteiger partial charge >= 0.3 is 5.97 Å². The van der Waals surface area contributed by atoms with Crippen molar-refractivity contribution in [3.05, 3.63) is 101 Å². The Balaban J connectivity index is 1.71. The van der Waals surface area contributed by atoms with Crippen LogP contribution < -0.4 is 5.32 Å². The molecule has 3 rings (SSSR count). The summed E-state index contributed by atoms with van der Waals surface area (Å²) in [7, 11) is 0. The third-order valence-electron chi connectivity index (χ3n) is 5.85. The summed E-state index contributed by atoms with van der Waals surface area (Å²) in [5.41, 5.74) is 4.87. The minimum Gasteiger partial charge on any atom is -0.478 e. The van der Waals surface area contributed by atoms with Crippen LogP contribution in [0.15, 0.2) is 72.8 Å². The van der Waals surface area contributed by atoms with Crippen molar-refractivity contribution < 1.29 is 14.7 Å². The first-order valence-corrected chi connectivity index (χ1v) is 11.3. The number of amides is 1. The van der Waals surface area contributed by atoms with Crippen molar-refractivity contribution in [2.75, 3.05) is 5.32 Å². The Morgan fingerprint density at radius 2 is 1.53 bits per heavy atom. The molecular formula is C28H31NO3. The third kappa shape index (κ3) is 6.07. The lowest BCUT2D eigenvalue weighted by Gasteiger charge is -2.16. The van der Waals surface area contributed by atoms with E-state index in [4.69, 9.17) is 0 Å². The van der Waals surface area contributed by atoms with E-state index in [2.05, 4.69) is 24.4 Å². The van der Waals surface area contributed by atoms with Gasteiger partial charge in [0.1, 0.15) is 0 Å². The lowest BCUT2D eigenvalue weighted by Crippen LogP contribution is -2.20. The molecule has 0 spiro atoms. The molecule has 0 saturated heterocycles. The lowest BCUT2D eigenvalue weighted by molar-refractivity contribution is -0.117. The number of rotatable bonds is 10. The van der Waals surface area contributed by atoms with Crippen molar-refractivity contribution in [1.29, 1.82) is 0 Å². The van der Waals surface area contributed by atoms with Crippen molar-refractivity contribution in [2.45, 2.75) is 51.9 Å². The highest BCUT2D eigenvalue weighted by Crippen LogP contribution is 2.24. The lowest BCUT2D eigenvalue weighted by atomic mass is 9.96. The second-order valence-electron chi connectivity index (χ2n) is 8.21. The number of carbonyl (C=O) groups excluding carboxylic acids is 1. The summed E-state index contributed by atoms with van der Waals surface area (Å²) >= 11 is 0. The number of benzene rings is 3. The molecule has 0 aliphatic heterocycles. The number of hydrogen-bond donors (Lipinski definition) is 2. The minimum absolute atomic E-state index is 0.0808. The van der Waals surface area contributed by atoms with E-state index in [-0.39, 0.29) is 17.4 Å². The minimum atomic E-state index is -0.950. The van der Waals surface area contributed by atoms with Gasteiger partial charge in [0.25, 0.3) is 0 Å². The first-order chi connectivity index (χ1) is 15.5. The molecule has 1 unspecified atom stereocenters. The number of carboxylic acid groups (broad SMARTS) is 1. The molecule has 1 amide bonds. The van der Waals surface area contributed by atoms with Crippen LogP contribution in [0.3, 0.4) is 0 Å². The summed E-state index contributed by atoms with van der Waals surface area (Å²) in [4.78, 5) is 24.5. The molecular weight excluding hydrogens is 398 g/mol. The number of aryl methyl sites for hydroxylation is 1. The first-order valence-electron chi connectivity index (χ1n) is 11.3. The van der Waals surface area contributed by atoms with Crippen LogP contribution in [-0.2, 0) is 17.6 Å². The first kappa shape index (κ1) is 23.3. The number of unbranched alkanes of at least 4 members (excludes halogenated alkanes) is 2. The van der Waals surface area contributed by atoms with Gasteiger partial charge in [-0.15, -0.1) is 0 Å². The summed E-state index contributed by atoms with van der Waals surface area (Å²) in [6.45, 7) is 4.11. The van der Waals surface area contributed by atoms with Gasteiger partial charge in [0.05, 0.1) is 11.5 Å². The maximum absolute atomic E-state index is 13.0. The van der Waals surface area contributed by atoms with Crippen LogP contribution in [0.4, 0.5) is 5.69 Å². The number of anilines is 1. The molecule has 0 heterocycles. The molecule has 0 saturated carbocycles. The van der Waals surface area contributed by atoms with E-state index in [0.717, 1.165) is 17.5 Å². The Hall–Kier alpha value is -3.40. The van der Waals surface area contributed by atoms with Gasteiger partial charge in [-0.25, -0.2) is 4.79 Å². The number of carboxylic acids is 1. The molecule has 4 nitrogen and oxygen atoms in total. The van der Waals surface area contributed by atoms with E-state index in [9.17, 15) is 14.7 Å². The van der Waals surface area contributed by atoms with Gasteiger partial charge in [-0.05, 0) is 54.2 Å². The molecule has 0 aliphatic rings. The zero-order chi connectivity index (χ0) is 22.9. The standard InChI is InChI=1S/C28H31NO3/c1-3-4-5-10-21-15-17-22(18-16-21)20(2)27(30)29-26-14-9-7-12-24(26)19-23-11-6-8-13-25(23)28(31)32/h6-9,11-18,20H,3-5,10,19H2,1-2H3,(H,29,30)(H,31,32). The monoisotopic (exact) mass is 429 g/mol. The Labute approximate surface area is 190 Å². The third-order valence-corrected chi connectivity index (χ3v) is 5.85. The summed E-state index contributed by atoms with van der Waals surface area (Å²) < 4.78 is 0. The van der Waals surface area contributed by atoms with Crippen LogP contribution in [0.2, 0.25) is 0 Å². The van der Waals surface area contributed by atoms with E-state index >= 15 is 0 Å². The van der Waals surface area contributed by atoms with Gasteiger partial charge in [-0.2, -0.15) is 0 Å². The predicted molar refractivity (Wildman–Crippen MR) is 129 cm³/mol. The molecule has 0 aliphatic carbocycles. The Bertz CT molecular complexity index is 1060. The zero-order valence-corrected chi connectivity index (χ0v) is 18.8. The topological polar surface area (TPSA) is 66.4 Å². The van der Waals surface area contributed by atoms with Crippen LogP contribution in [0.1, 0.15) is 71.6 Å². The average Bonchev–Trinajstić information content (AvgIpc) is 2.80. The van der Waals surface area contributed by atoms with Crippen LogP contribution in [-0.4, -0.2) is 17.0 Å². The zero-order valence-electron chi connectivity index (χ0n) is 18.8.